The highest BCUT2D eigenvalue weighted by Crippen LogP contribution is 2.61. The number of allylic oxidation sites excluding steroid dienone is 2. The molecule has 0 spiro atoms. The summed E-state index contributed by atoms with van der Waals surface area (Å²) in [5.41, 5.74) is 7.35. The molecule has 1 aromatic heterocycles. The topological polar surface area (TPSA) is 90.5 Å². The van der Waals surface area contributed by atoms with Crippen molar-refractivity contribution in [1.29, 1.82) is 5.41 Å². The van der Waals surface area contributed by atoms with Gasteiger partial charge in [0.1, 0.15) is 0 Å². The first-order valence-electron chi connectivity index (χ1n) is 12.6. The zero-order chi connectivity index (χ0) is 24.0. The van der Waals surface area contributed by atoms with E-state index in [1.807, 2.05) is 6.08 Å². The van der Waals surface area contributed by atoms with Gasteiger partial charge < -0.3 is 21.2 Å². The molecule has 2 saturated carbocycles. The Balaban J connectivity index is 1.25. The van der Waals surface area contributed by atoms with Crippen LogP contribution in [0.4, 0.5) is 14.6 Å². The van der Waals surface area contributed by atoms with E-state index >= 15 is 0 Å². The Morgan fingerprint density at radius 1 is 1.21 bits per heavy atom. The number of aromatic nitrogens is 1. The number of halogens is 2. The van der Waals surface area contributed by atoms with Gasteiger partial charge >= 0.3 is 6.61 Å². The molecule has 0 amide bonds. The Hall–Kier alpha value is -2.26. The van der Waals surface area contributed by atoms with Gasteiger partial charge in [-0.1, -0.05) is 0 Å². The van der Waals surface area contributed by atoms with Gasteiger partial charge in [0, 0.05) is 61.1 Å². The van der Waals surface area contributed by atoms with E-state index in [1.54, 1.807) is 0 Å². The zero-order valence-electron chi connectivity index (χ0n) is 20.0. The second-order valence-electron chi connectivity index (χ2n) is 10.6. The number of rotatable bonds is 8. The molecule has 0 radical (unpaired) electrons. The van der Waals surface area contributed by atoms with Crippen molar-refractivity contribution in [3.05, 3.63) is 29.6 Å². The third-order valence-corrected chi connectivity index (χ3v) is 8.08. The predicted molar refractivity (Wildman–Crippen MR) is 128 cm³/mol. The zero-order valence-corrected chi connectivity index (χ0v) is 20.0. The smallest absolute Gasteiger partial charge is 0.387 e. The molecule has 5 atom stereocenters. The summed E-state index contributed by atoms with van der Waals surface area (Å²) in [7, 11) is 0. The van der Waals surface area contributed by atoms with Gasteiger partial charge in [0.25, 0.3) is 0 Å². The average Bonchev–Trinajstić information content (AvgIpc) is 3.12. The summed E-state index contributed by atoms with van der Waals surface area (Å²) in [4.78, 5) is 9.35. The van der Waals surface area contributed by atoms with Crippen LogP contribution >= 0.6 is 0 Å². The molecular weight excluding hydrogens is 438 g/mol. The number of hydrogen-bond donors (Lipinski definition) is 3. The molecule has 186 valence electrons. The van der Waals surface area contributed by atoms with Crippen molar-refractivity contribution >= 4 is 11.5 Å². The molecule has 5 rings (SSSR count). The van der Waals surface area contributed by atoms with Gasteiger partial charge in [-0.3, -0.25) is 9.80 Å². The Morgan fingerprint density at radius 2 is 1.94 bits per heavy atom. The average molecular weight is 475 g/mol. The Kier molecular flexibility index (Phi) is 6.50. The first-order chi connectivity index (χ1) is 16.3. The van der Waals surface area contributed by atoms with Crippen LogP contribution in [-0.4, -0.2) is 71.4 Å². The molecule has 7 nitrogen and oxygen atoms in total. The summed E-state index contributed by atoms with van der Waals surface area (Å²) in [6, 6.07) is 3.05. The number of nitrogens with two attached hydrogens (primary N) is 1. The summed E-state index contributed by atoms with van der Waals surface area (Å²) in [5.74, 6) is 1.43. The van der Waals surface area contributed by atoms with Crippen LogP contribution in [0.25, 0.3) is 0 Å². The predicted octanol–water partition coefficient (Wildman–Crippen LogP) is 3.32. The summed E-state index contributed by atoms with van der Waals surface area (Å²) in [6.45, 7) is 6.10. The summed E-state index contributed by atoms with van der Waals surface area (Å²) >= 11 is 0. The minimum atomic E-state index is -2.99. The number of piperazine rings is 1. The van der Waals surface area contributed by atoms with Crippen LogP contribution in [0.15, 0.2) is 24.0 Å². The van der Waals surface area contributed by atoms with E-state index in [4.69, 9.17) is 11.1 Å². The quantitative estimate of drug-likeness (QED) is 0.501. The number of ether oxygens (including phenoxy) is 1. The minimum Gasteiger partial charge on any atom is -0.431 e. The van der Waals surface area contributed by atoms with Crippen molar-refractivity contribution in [2.24, 2.45) is 17.8 Å². The van der Waals surface area contributed by atoms with Crippen LogP contribution in [0.5, 0.6) is 5.75 Å². The van der Waals surface area contributed by atoms with Gasteiger partial charge in [-0.05, 0) is 70.1 Å². The standard InChI is InChI=1S/C25H36F2N6O/c1-14(2)31-21(11-20(28)15-8-22(34-25(26)27)24(29)30-12-15)23-18-9-17(10-19(18)23)33-7-6-32-5-3-4-16(32)13-33/h8,11-12,14,16-19,23,25,28,31H,3-7,9-10,13H2,1-2H3,(H2,29,30)/b21-11-,28-20?/t16?,17-,18+,19-,23-. The second-order valence-corrected chi connectivity index (χ2v) is 10.6. The summed E-state index contributed by atoms with van der Waals surface area (Å²) in [6.07, 6.45) is 8.41. The van der Waals surface area contributed by atoms with Gasteiger partial charge in [-0.25, -0.2) is 4.98 Å². The summed E-state index contributed by atoms with van der Waals surface area (Å²) in [5, 5.41) is 12.2. The molecule has 4 fully saturated rings. The Labute approximate surface area is 200 Å². The fourth-order valence-corrected chi connectivity index (χ4v) is 6.52. The van der Waals surface area contributed by atoms with Gasteiger partial charge in [0.15, 0.2) is 11.6 Å². The van der Waals surface area contributed by atoms with Gasteiger partial charge in [-0.2, -0.15) is 8.78 Å². The first-order valence-corrected chi connectivity index (χ1v) is 12.6. The summed E-state index contributed by atoms with van der Waals surface area (Å²) < 4.78 is 29.8. The van der Waals surface area contributed by atoms with Crippen molar-refractivity contribution in [2.45, 2.75) is 64.3 Å². The lowest BCUT2D eigenvalue weighted by Crippen LogP contribution is -2.53. The normalized spacial score (nSPS) is 31.6. The lowest BCUT2D eigenvalue weighted by Gasteiger charge is -2.41. The maximum absolute atomic E-state index is 12.7. The van der Waals surface area contributed by atoms with Crippen molar-refractivity contribution in [3.63, 3.8) is 0 Å². The molecule has 0 aromatic carbocycles. The monoisotopic (exact) mass is 474 g/mol. The van der Waals surface area contributed by atoms with Crippen LogP contribution in [0.3, 0.4) is 0 Å². The molecule has 2 aliphatic carbocycles. The lowest BCUT2D eigenvalue weighted by molar-refractivity contribution is -0.0495. The van der Waals surface area contributed by atoms with E-state index in [9.17, 15) is 8.78 Å². The van der Waals surface area contributed by atoms with E-state index in [0.29, 0.717) is 29.4 Å². The number of anilines is 1. The molecule has 2 aliphatic heterocycles. The molecule has 3 heterocycles. The van der Waals surface area contributed by atoms with Gasteiger partial charge in [-0.15, -0.1) is 0 Å². The molecule has 1 unspecified atom stereocenters. The van der Waals surface area contributed by atoms with Gasteiger partial charge in [0.05, 0.1) is 5.71 Å². The van der Waals surface area contributed by atoms with Crippen molar-refractivity contribution in [2.75, 3.05) is 31.9 Å². The third kappa shape index (κ3) is 4.77. The van der Waals surface area contributed by atoms with Crippen LogP contribution < -0.4 is 15.8 Å². The second kappa shape index (κ2) is 9.41. The number of alkyl halides is 2. The van der Waals surface area contributed by atoms with Crippen LogP contribution in [0, 0.1) is 23.2 Å². The Bertz CT molecular complexity index is 941. The molecule has 4 aliphatic rings. The third-order valence-electron chi connectivity index (χ3n) is 8.08. The van der Waals surface area contributed by atoms with Crippen molar-refractivity contribution < 1.29 is 13.5 Å². The lowest BCUT2D eigenvalue weighted by atomic mass is 9.99. The molecular formula is C25H36F2N6O. The van der Waals surface area contributed by atoms with E-state index < -0.39 is 6.61 Å². The molecule has 2 saturated heterocycles. The molecule has 0 bridgehead atoms. The number of nitrogen functional groups attached to an aromatic ring is 1. The number of nitrogens with zero attached hydrogens (tertiary/aromatic N) is 3. The number of hydrogen-bond acceptors (Lipinski definition) is 7. The highest BCUT2D eigenvalue weighted by Gasteiger charge is 2.58. The fraction of sp³-hybridized carbons (Fsp3) is 0.680. The molecule has 4 N–H and O–H groups in total. The van der Waals surface area contributed by atoms with Crippen LogP contribution in [0.1, 0.15) is 45.1 Å². The SMILES string of the molecule is CC(C)N/C(=C\C(=N)c1cnc(N)c(OC(F)F)c1)[C@H]1[C@@H]2C[C@H](N3CCN4CCCC4C3)C[C@@H]21. The molecule has 9 heteroatoms. The largest absolute Gasteiger partial charge is 0.431 e. The van der Waals surface area contributed by atoms with Crippen molar-refractivity contribution in [1.82, 2.24) is 20.1 Å². The first kappa shape index (κ1) is 23.5. The van der Waals surface area contributed by atoms with E-state index in [2.05, 4.69) is 38.7 Å². The van der Waals surface area contributed by atoms with Crippen molar-refractivity contribution in [3.8, 4) is 5.75 Å². The van der Waals surface area contributed by atoms with E-state index in [1.165, 1.54) is 64.1 Å². The number of fused-ring (bicyclic) bond motifs is 2. The fourth-order valence-electron chi connectivity index (χ4n) is 6.52. The van der Waals surface area contributed by atoms with Crippen LogP contribution in [-0.2, 0) is 0 Å². The number of pyridine rings is 1. The highest BCUT2D eigenvalue weighted by atomic mass is 19.3. The molecule has 34 heavy (non-hydrogen) atoms. The molecule has 1 aromatic rings. The van der Waals surface area contributed by atoms with E-state index in [-0.39, 0.29) is 23.3 Å². The van der Waals surface area contributed by atoms with Crippen LogP contribution in [0.2, 0.25) is 0 Å². The maximum Gasteiger partial charge on any atom is 0.387 e. The minimum absolute atomic E-state index is 0.109. The Morgan fingerprint density at radius 3 is 2.65 bits per heavy atom. The maximum atomic E-state index is 12.7. The van der Waals surface area contributed by atoms with Gasteiger partial charge in [0.2, 0.25) is 0 Å². The number of nitrogens with one attached hydrogen (secondary N) is 2. The highest BCUT2D eigenvalue weighted by molar-refractivity contribution is 6.07. The van der Waals surface area contributed by atoms with E-state index in [0.717, 1.165) is 11.7 Å².